The van der Waals surface area contributed by atoms with Crippen LogP contribution in [-0.4, -0.2) is 43.9 Å². The first-order valence-corrected chi connectivity index (χ1v) is 6.09. The normalized spacial score (nSPS) is 13.1. The van der Waals surface area contributed by atoms with E-state index in [0.717, 1.165) is 0 Å². The molecule has 0 aliphatic rings. The second-order valence-electron chi connectivity index (χ2n) is 2.74. The van der Waals surface area contributed by atoms with Crippen molar-refractivity contribution in [3.05, 3.63) is 0 Å². The summed E-state index contributed by atoms with van der Waals surface area (Å²) in [6, 6.07) is 0. The van der Waals surface area contributed by atoms with Gasteiger partial charge in [0.25, 0.3) is 10.1 Å². The van der Waals surface area contributed by atoms with Crippen LogP contribution in [0, 0.1) is 0 Å². The molecule has 0 heterocycles. The zero-order chi connectivity index (χ0) is 12.8. The zero-order valence-corrected chi connectivity index (χ0v) is 9.82. The Labute approximate surface area is 93.5 Å². The van der Waals surface area contributed by atoms with Crippen LogP contribution >= 0.6 is 0 Å². The molecular formula is C8H14O7S. The van der Waals surface area contributed by atoms with Crippen LogP contribution in [0.25, 0.3) is 0 Å². The van der Waals surface area contributed by atoms with Crippen molar-refractivity contribution in [1.29, 1.82) is 0 Å². The van der Waals surface area contributed by atoms with Crippen LogP contribution in [-0.2, 0) is 28.6 Å². The lowest BCUT2D eigenvalue weighted by molar-refractivity contribution is -0.147. The second kappa shape index (κ2) is 6.44. The van der Waals surface area contributed by atoms with Gasteiger partial charge < -0.3 is 9.84 Å². The quantitative estimate of drug-likeness (QED) is 0.493. The maximum absolute atomic E-state index is 11.4. The van der Waals surface area contributed by atoms with Crippen molar-refractivity contribution in [2.24, 2.45) is 0 Å². The molecule has 0 fully saturated rings. The maximum Gasteiger partial charge on any atom is 0.327 e. The smallest absolute Gasteiger partial charge is 0.327 e. The molecule has 94 valence electrons. The Morgan fingerprint density at radius 1 is 1.25 bits per heavy atom. The number of carbonyl (C=O) groups excluding carboxylic acids is 1. The van der Waals surface area contributed by atoms with E-state index in [-0.39, 0.29) is 13.2 Å². The van der Waals surface area contributed by atoms with Crippen molar-refractivity contribution in [1.82, 2.24) is 0 Å². The molecule has 0 spiro atoms. The highest BCUT2D eigenvalue weighted by Crippen LogP contribution is 2.11. The van der Waals surface area contributed by atoms with Gasteiger partial charge in [0.15, 0.2) is 5.25 Å². The van der Waals surface area contributed by atoms with Gasteiger partial charge in [-0.3, -0.25) is 13.8 Å². The number of carboxylic acid groups (broad SMARTS) is 1. The highest BCUT2D eigenvalue weighted by atomic mass is 32.2. The number of carboxylic acids is 1. The lowest BCUT2D eigenvalue weighted by Crippen LogP contribution is -2.35. The Morgan fingerprint density at radius 2 is 1.81 bits per heavy atom. The molecule has 0 aromatic rings. The van der Waals surface area contributed by atoms with Crippen LogP contribution in [0.15, 0.2) is 0 Å². The molecule has 0 aromatic heterocycles. The number of hydrogen-bond donors (Lipinski definition) is 1. The minimum atomic E-state index is -4.24. The topological polar surface area (TPSA) is 107 Å². The van der Waals surface area contributed by atoms with E-state index in [1.54, 1.807) is 0 Å². The summed E-state index contributed by atoms with van der Waals surface area (Å²) in [5.74, 6) is -2.53. The van der Waals surface area contributed by atoms with E-state index in [2.05, 4.69) is 8.92 Å². The van der Waals surface area contributed by atoms with Gasteiger partial charge in [0.05, 0.1) is 19.6 Å². The van der Waals surface area contributed by atoms with E-state index in [9.17, 15) is 18.0 Å². The number of rotatable bonds is 7. The van der Waals surface area contributed by atoms with Gasteiger partial charge in [-0.15, -0.1) is 0 Å². The van der Waals surface area contributed by atoms with Crippen LogP contribution in [0.2, 0.25) is 0 Å². The summed E-state index contributed by atoms with van der Waals surface area (Å²) in [7, 11) is -4.24. The molecular weight excluding hydrogens is 240 g/mol. The van der Waals surface area contributed by atoms with Crippen LogP contribution in [0.4, 0.5) is 0 Å². The number of aliphatic carboxylic acids is 1. The fourth-order valence-corrected chi connectivity index (χ4v) is 2.09. The summed E-state index contributed by atoms with van der Waals surface area (Å²) >= 11 is 0. The molecule has 0 amide bonds. The summed E-state index contributed by atoms with van der Waals surface area (Å²) in [6.45, 7) is 2.71. The highest BCUT2D eigenvalue weighted by molar-refractivity contribution is 7.88. The third-order valence-corrected chi connectivity index (χ3v) is 3.16. The summed E-state index contributed by atoms with van der Waals surface area (Å²) in [6.07, 6.45) is -0.874. The number of carbonyl (C=O) groups is 2. The summed E-state index contributed by atoms with van der Waals surface area (Å²) < 4.78 is 31.6. The van der Waals surface area contributed by atoms with E-state index in [1.165, 1.54) is 13.8 Å². The van der Waals surface area contributed by atoms with Gasteiger partial charge in [-0.05, 0) is 13.8 Å². The average molecular weight is 254 g/mol. The van der Waals surface area contributed by atoms with E-state index in [1.807, 2.05) is 0 Å². The maximum atomic E-state index is 11.4. The Hall–Kier alpha value is -1.15. The summed E-state index contributed by atoms with van der Waals surface area (Å²) in [4.78, 5) is 21.7. The lowest BCUT2D eigenvalue weighted by atomic mass is 10.3. The molecule has 0 aliphatic carbocycles. The van der Waals surface area contributed by atoms with Gasteiger partial charge in [0.1, 0.15) is 0 Å². The lowest BCUT2D eigenvalue weighted by Gasteiger charge is -2.13. The predicted octanol–water partition coefficient (Wildman–Crippen LogP) is -0.241. The average Bonchev–Trinajstić information content (AvgIpc) is 2.13. The van der Waals surface area contributed by atoms with Crippen molar-refractivity contribution >= 4 is 22.1 Å². The molecule has 16 heavy (non-hydrogen) atoms. The van der Waals surface area contributed by atoms with Gasteiger partial charge in [-0.2, -0.15) is 8.42 Å². The van der Waals surface area contributed by atoms with Crippen LogP contribution in [0.1, 0.15) is 20.3 Å². The van der Waals surface area contributed by atoms with E-state index in [4.69, 9.17) is 5.11 Å². The van der Waals surface area contributed by atoms with Gasteiger partial charge in [-0.1, -0.05) is 0 Å². The van der Waals surface area contributed by atoms with Crippen molar-refractivity contribution in [2.45, 2.75) is 25.5 Å². The Bertz CT molecular complexity index is 345. The van der Waals surface area contributed by atoms with Gasteiger partial charge in [0, 0.05) is 0 Å². The first kappa shape index (κ1) is 14.8. The molecule has 8 heteroatoms. The van der Waals surface area contributed by atoms with E-state index < -0.39 is 33.7 Å². The summed E-state index contributed by atoms with van der Waals surface area (Å²) in [5, 5.41) is 6.69. The molecule has 7 nitrogen and oxygen atoms in total. The minimum absolute atomic E-state index is 0.0312. The first-order chi connectivity index (χ1) is 7.35. The largest absolute Gasteiger partial charge is 0.481 e. The Balaban J connectivity index is 4.93. The van der Waals surface area contributed by atoms with Crippen molar-refractivity contribution in [2.75, 3.05) is 13.2 Å². The Morgan fingerprint density at radius 3 is 2.19 bits per heavy atom. The molecule has 0 saturated carbocycles. The standard InChI is InChI=1S/C8H14O7S/c1-3-14-8(11)6(5-7(9)10)16(12,13)15-4-2/h6H,3-5H2,1-2H3,(H,9,10). The third kappa shape index (κ3) is 4.58. The van der Waals surface area contributed by atoms with E-state index in [0.29, 0.717) is 0 Å². The molecule has 1 N–H and O–H groups in total. The van der Waals surface area contributed by atoms with Crippen LogP contribution in [0.3, 0.4) is 0 Å². The molecule has 0 saturated heterocycles. The van der Waals surface area contributed by atoms with Crippen molar-refractivity contribution < 1.29 is 32.0 Å². The van der Waals surface area contributed by atoms with Gasteiger partial charge >= 0.3 is 11.9 Å². The molecule has 0 aliphatic heterocycles. The number of hydrogen-bond acceptors (Lipinski definition) is 6. The first-order valence-electron chi connectivity index (χ1n) is 4.61. The van der Waals surface area contributed by atoms with Crippen LogP contribution < -0.4 is 0 Å². The highest BCUT2D eigenvalue weighted by Gasteiger charge is 2.36. The Kier molecular flexibility index (Phi) is 5.97. The molecule has 1 unspecified atom stereocenters. The fourth-order valence-electron chi connectivity index (χ4n) is 0.943. The molecule has 0 aromatic carbocycles. The van der Waals surface area contributed by atoms with Crippen LogP contribution in [0.5, 0.6) is 0 Å². The predicted molar refractivity (Wildman–Crippen MR) is 53.2 cm³/mol. The van der Waals surface area contributed by atoms with E-state index >= 15 is 0 Å². The summed E-state index contributed by atoms with van der Waals surface area (Å²) in [5.41, 5.74) is 0. The monoisotopic (exact) mass is 254 g/mol. The van der Waals surface area contributed by atoms with Crippen molar-refractivity contribution in [3.8, 4) is 0 Å². The fraction of sp³-hybridized carbons (Fsp3) is 0.750. The van der Waals surface area contributed by atoms with Gasteiger partial charge in [-0.25, -0.2) is 0 Å². The third-order valence-electron chi connectivity index (χ3n) is 1.54. The molecule has 1 atom stereocenters. The number of esters is 1. The molecule has 0 bridgehead atoms. The van der Waals surface area contributed by atoms with Gasteiger partial charge in [0.2, 0.25) is 0 Å². The zero-order valence-electron chi connectivity index (χ0n) is 9.00. The SMILES string of the molecule is CCOC(=O)C(CC(=O)O)S(=O)(=O)OCC. The number of ether oxygens (including phenoxy) is 1. The molecule has 0 rings (SSSR count). The molecule has 0 radical (unpaired) electrons. The van der Waals surface area contributed by atoms with Crippen molar-refractivity contribution in [3.63, 3.8) is 0 Å². The minimum Gasteiger partial charge on any atom is -0.481 e. The second-order valence-corrected chi connectivity index (χ2v) is 4.53.